The van der Waals surface area contributed by atoms with Crippen LogP contribution in [0.3, 0.4) is 0 Å². The summed E-state index contributed by atoms with van der Waals surface area (Å²) < 4.78 is 3.93. The Kier molecular flexibility index (Phi) is 4.74. The van der Waals surface area contributed by atoms with E-state index in [4.69, 9.17) is 4.98 Å². The van der Waals surface area contributed by atoms with Crippen molar-refractivity contribution in [3.8, 4) is 5.82 Å². The van der Waals surface area contributed by atoms with Crippen LogP contribution >= 0.6 is 0 Å². The molecule has 0 radical (unpaired) electrons. The van der Waals surface area contributed by atoms with Gasteiger partial charge in [0, 0.05) is 30.8 Å². The number of aromatic nitrogens is 6. The number of rotatable bonds is 6. The van der Waals surface area contributed by atoms with Gasteiger partial charge in [-0.15, -0.1) is 5.10 Å². The molecule has 0 amide bonds. The van der Waals surface area contributed by atoms with E-state index in [9.17, 15) is 0 Å². The quantitative estimate of drug-likeness (QED) is 0.698. The zero-order valence-electron chi connectivity index (χ0n) is 14.8. The van der Waals surface area contributed by atoms with Gasteiger partial charge in [0.05, 0.1) is 5.69 Å². The molecule has 0 N–H and O–H groups in total. The van der Waals surface area contributed by atoms with Gasteiger partial charge in [0.2, 0.25) is 0 Å². The van der Waals surface area contributed by atoms with Gasteiger partial charge < -0.3 is 0 Å². The summed E-state index contributed by atoms with van der Waals surface area (Å²) >= 11 is 0. The van der Waals surface area contributed by atoms with Crippen molar-refractivity contribution in [3.63, 3.8) is 0 Å². The van der Waals surface area contributed by atoms with Crippen molar-refractivity contribution >= 4 is 0 Å². The summed E-state index contributed by atoms with van der Waals surface area (Å²) in [5.74, 6) is 2.93. The van der Waals surface area contributed by atoms with Crippen molar-refractivity contribution in [2.24, 2.45) is 0 Å². The second-order valence-electron chi connectivity index (χ2n) is 6.39. The minimum Gasteiger partial charge on any atom is -0.270 e. The first kappa shape index (κ1) is 16.4. The van der Waals surface area contributed by atoms with E-state index in [2.05, 4.69) is 46.7 Å². The van der Waals surface area contributed by atoms with Crippen LogP contribution in [0, 0.1) is 13.8 Å². The fourth-order valence-corrected chi connectivity index (χ4v) is 2.72. The average molecular weight is 324 g/mol. The summed E-state index contributed by atoms with van der Waals surface area (Å²) in [6, 6.07) is 7.95. The minimum atomic E-state index is 0.296. The van der Waals surface area contributed by atoms with Crippen LogP contribution < -0.4 is 0 Å². The maximum absolute atomic E-state index is 4.73. The van der Waals surface area contributed by atoms with Gasteiger partial charge in [-0.1, -0.05) is 19.9 Å². The molecule has 0 atom stereocenters. The van der Waals surface area contributed by atoms with E-state index in [-0.39, 0.29) is 0 Å². The number of pyridine rings is 1. The molecule has 0 bridgehead atoms. The lowest BCUT2D eigenvalue weighted by molar-refractivity contribution is 0.551. The molecule has 0 saturated carbocycles. The van der Waals surface area contributed by atoms with Crippen LogP contribution in [0.25, 0.3) is 5.82 Å². The van der Waals surface area contributed by atoms with Crippen molar-refractivity contribution in [3.05, 3.63) is 53.5 Å². The molecule has 3 heterocycles. The minimum absolute atomic E-state index is 0.296. The first-order chi connectivity index (χ1) is 11.5. The summed E-state index contributed by atoms with van der Waals surface area (Å²) in [5.41, 5.74) is 2.26. The first-order valence-corrected chi connectivity index (χ1v) is 8.43. The van der Waals surface area contributed by atoms with Gasteiger partial charge in [-0.2, -0.15) is 9.78 Å². The molecule has 3 aromatic rings. The number of aryl methyl sites for hydroxylation is 4. The highest BCUT2D eigenvalue weighted by Crippen LogP contribution is 2.15. The summed E-state index contributed by atoms with van der Waals surface area (Å²) in [4.78, 5) is 9.14. The third-order valence-electron chi connectivity index (χ3n) is 3.95. The molecule has 3 aromatic heterocycles. The third kappa shape index (κ3) is 3.53. The Morgan fingerprint density at radius 1 is 1.12 bits per heavy atom. The summed E-state index contributed by atoms with van der Waals surface area (Å²) in [6.07, 6.45) is 3.59. The van der Waals surface area contributed by atoms with E-state index in [0.29, 0.717) is 5.92 Å². The van der Waals surface area contributed by atoms with Gasteiger partial charge in [0.1, 0.15) is 5.82 Å². The van der Waals surface area contributed by atoms with Crippen LogP contribution in [0.5, 0.6) is 0 Å². The zero-order valence-corrected chi connectivity index (χ0v) is 14.8. The molecular weight excluding hydrogens is 300 g/mol. The highest BCUT2D eigenvalue weighted by atomic mass is 15.4. The fourth-order valence-electron chi connectivity index (χ4n) is 2.72. The van der Waals surface area contributed by atoms with Crippen molar-refractivity contribution in [2.45, 2.75) is 53.0 Å². The van der Waals surface area contributed by atoms with E-state index >= 15 is 0 Å². The van der Waals surface area contributed by atoms with Crippen LogP contribution in [-0.2, 0) is 13.0 Å². The van der Waals surface area contributed by atoms with E-state index < -0.39 is 0 Å². The molecule has 0 aliphatic heterocycles. The Hall–Kier alpha value is -2.50. The number of nitrogens with zero attached hydrogens (tertiary/aromatic N) is 6. The molecule has 0 fully saturated rings. The molecule has 0 saturated heterocycles. The van der Waals surface area contributed by atoms with E-state index in [0.717, 1.165) is 42.5 Å². The van der Waals surface area contributed by atoms with E-state index in [1.54, 1.807) is 6.20 Å². The monoisotopic (exact) mass is 324 g/mol. The van der Waals surface area contributed by atoms with Gasteiger partial charge in [0.25, 0.3) is 0 Å². The largest absolute Gasteiger partial charge is 0.270 e. The van der Waals surface area contributed by atoms with Crippen LogP contribution in [0.4, 0.5) is 0 Å². The van der Waals surface area contributed by atoms with Crippen LogP contribution in [0.2, 0.25) is 0 Å². The molecule has 3 rings (SSSR count). The molecule has 126 valence electrons. The Balaban J connectivity index is 1.78. The summed E-state index contributed by atoms with van der Waals surface area (Å²) in [6.45, 7) is 9.21. The normalized spacial score (nSPS) is 11.4. The zero-order chi connectivity index (χ0) is 17.1. The molecular formula is C18H24N6. The molecule has 0 aliphatic carbocycles. The van der Waals surface area contributed by atoms with Gasteiger partial charge >= 0.3 is 0 Å². The Morgan fingerprint density at radius 2 is 1.96 bits per heavy atom. The molecule has 6 heteroatoms. The van der Waals surface area contributed by atoms with Crippen molar-refractivity contribution in [2.75, 3.05) is 0 Å². The first-order valence-electron chi connectivity index (χ1n) is 8.43. The SMILES string of the molecule is Cc1cc(C)n(CCCc2nc(C(C)C)nn2-c2ccccn2)n1. The van der Waals surface area contributed by atoms with E-state index in [1.165, 1.54) is 5.69 Å². The Bertz CT molecular complexity index is 800. The summed E-state index contributed by atoms with van der Waals surface area (Å²) in [5, 5.41) is 9.16. The standard InChI is InChI=1S/C18H24N6/c1-13(2)18-20-17(24(22-18)16-8-5-6-10-19-16)9-7-11-23-15(4)12-14(3)21-23/h5-6,8,10,12-13H,7,9,11H2,1-4H3. The van der Waals surface area contributed by atoms with Crippen LogP contribution in [0.1, 0.15) is 49.2 Å². The third-order valence-corrected chi connectivity index (χ3v) is 3.95. The molecule has 0 aromatic carbocycles. The molecule has 0 aliphatic rings. The second-order valence-corrected chi connectivity index (χ2v) is 6.39. The molecule has 6 nitrogen and oxygen atoms in total. The van der Waals surface area contributed by atoms with Crippen molar-refractivity contribution in [1.82, 2.24) is 29.5 Å². The lowest BCUT2D eigenvalue weighted by Crippen LogP contribution is -2.08. The average Bonchev–Trinajstić information content (AvgIpc) is 3.12. The van der Waals surface area contributed by atoms with Gasteiger partial charge in [-0.05, 0) is 38.5 Å². The smallest absolute Gasteiger partial charge is 0.155 e. The molecule has 0 spiro atoms. The Morgan fingerprint density at radius 3 is 2.58 bits per heavy atom. The van der Waals surface area contributed by atoms with Gasteiger partial charge in [-0.25, -0.2) is 9.97 Å². The molecule has 24 heavy (non-hydrogen) atoms. The maximum Gasteiger partial charge on any atom is 0.155 e. The van der Waals surface area contributed by atoms with Crippen molar-refractivity contribution in [1.29, 1.82) is 0 Å². The molecule has 0 unspecified atom stereocenters. The second kappa shape index (κ2) is 6.95. The lowest BCUT2D eigenvalue weighted by atomic mass is 10.2. The number of hydrogen-bond acceptors (Lipinski definition) is 4. The van der Waals surface area contributed by atoms with E-state index in [1.807, 2.05) is 29.8 Å². The van der Waals surface area contributed by atoms with Crippen molar-refractivity contribution < 1.29 is 0 Å². The fraction of sp³-hybridized carbons (Fsp3) is 0.444. The number of hydrogen-bond donors (Lipinski definition) is 0. The Labute approximate surface area is 142 Å². The van der Waals surface area contributed by atoms with Gasteiger partial charge in [0.15, 0.2) is 11.6 Å². The lowest BCUT2D eigenvalue weighted by Gasteiger charge is -2.06. The maximum atomic E-state index is 4.73. The predicted molar refractivity (Wildman–Crippen MR) is 93.3 cm³/mol. The van der Waals surface area contributed by atoms with Gasteiger partial charge in [-0.3, -0.25) is 4.68 Å². The summed E-state index contributed by atoms with van der Waals surface area (Å²) in [7, 11) is 0. The highest BCUT2D eigenvalue weighted by molar-refractivity contribution is 5.22. The topological polar surface area (TPSA) is 61.4 Å². The highest BCUT2D eigenvalue weighted by Gasteiger charge is 2.14. The van der Waals surface area contributed by atoms with Crippen LogP contribution in [0.15, 0.2) is 30.5 Å². The predicted octanol–water partition coefficient (Wildman–Crippen LogP) is 3.23. The van der Waals surface area contributed by atoms with Crippen LogP contribution in [-0.4, -0.2) is 29.5 Å².